The number of benzene rings is 1. The molecule has 5 nitrogen and oxygen atoms in total. The van der Waals surface area contributed by atoms with Crippen LogP contribution in [0.1, 0.15) is 27.1 Å². The van der Waals surface area contributed by atoms with Gasteiger partial charge < -0.3 is 15.1 Å². The molecule has 0 amide bonds. The monoisotopic (exact) mass is 221 g/mol. The van der Waals surface area contributed by atoms with Crippen LogP contribution >= 0.6 is 0 Å². The van der Waals surface area contributed by atoms with E-state index < -0.39 is 11.9 Å². The Morgan fingerprint density at radius 2 is 1.81 bits per heavy atom. The van der Waals surface area contributed by atoms with Crippen LogP contribution in [0.25, 0.3) is 0 Å². The van der Waals surface area contributed by atoms with Gasteiger partial charge in [0.15, 0.2) is 0 Å². The molecule has 2 rings (SSSR count). The molecule has 0 saturated carbocycles. The normalized spacial score (nSPS) is 14.4. The number of carbonyl (C=O) groups is 2. The molecule has 0 unspecified atom stereocenters. The molecule has 0 spiro atoms. The third kappa shape index (κ3) is 1.60. The van der Waals surface area contributed by atoms with E-state index >= 15 is 0 Å². The molecule has 1 aliphatic rings. The molecule has 0 atom stereocenters. The maximum absolute atomic E-state index is 11.1. The second-order valence-electron chi connectivity index (χ2n) is 3.65. The Kier molecular flexibility index (Phi) is 2.52. The van der Waals surface area contributed by atoms with Crippen molar-refractivity contribution >= 4 is 17.6 Å². The predicted molar refractivity (Wildman–Crippen MR) is 57.2 cm³/mol. The van der Waals surface area contributed by atoms with Crippen LogP contribution in [0.2, 0.25) is 0 Å². The highest BCUT2D eigenvalue weighted by Gasteiger charge is 2.25. The Morgan fingerprint density at radius 3 is 2.25 bits per heavy atom. The Labute approximate surface area is 91.9 Å². The van der Waals surface area contributed by atoms with E-state index in [-0.39, 0.29) is 11.1 Å². The van der Waals surface area contributed by atoms with Gasteiger partial charge in [-0.15, -0.1) is 0 Å². The molecule has 84 valence electrons. The fourth-order valence-corrected chi connectivity index (χ4v) is 1.76. The van der Waals surface area contributed by atoms with E-state index in [0.717, 1.165) is 19.5 Å². The van der Waals surface area contributed by atoms with E-state index in [2.05, 4.69) is 0 Å². The summed E-state index contributed by atoms with van der Waals surface area (Å²) in [5, 5.41) is 18.0. The number of nitrogens with zero attached hydrogens (tertiary/aromatic N) is 1. The van der Waals surface area contributed by atoms with Crippen LogP contribution in [0, 0.1) is 0 Å². The SMILES string of the molecule is O=C(O)c1cccc(N2CCC2)c1C(=O)O. The Balaban J connectivity index is 2.55. The predicted octanol–water partition coefficient (Wildman–Crippen LogP) is 1.29. The molecule has 1 saturated heterocycles. The van der Waals surface area contributed by atoms with E-state index in [1.165, 1.54) is 6.07 Å². The lowest BCUT2D eigenvalue weighted by molar-refractivity contribution is 0.0652. The molecule has 0 radical (unpaired) electrons. The quantitative estimate of drug-likeness (QED) is 0.804. The van der Waals surface area contributed by atoms with Gasteiger partial charge in [0.25, 0.3) is 0 Å². The molecule has 2 N–H and O–H groups in total. The lowest BCUT2D eigenvalue weighted by atomic mass is 10.0. The third-order valence-electron chi connectivity index (χ3n) is 2.68. The van der Waals surface area contributed by atoms with Crippen molar-refractivity contribution < 1.29 is 19.8 Å². The molecular weight excluding hydrogens is 210 g/mol. The average molecular weight is 221 g/mol. The van der Waals surface area contributed by atoms with E-state index in [9.17, 15) is 9.59 Å². The van der Waals surface area contributed by atoms with Gasteiger partial charge in [-0.3, -0.25) is 0 Å². The molecule has 0 aromatic heterocycles. The fourth-order valence-electron chi connectivity index (χ4n) is 1.76. The summed E-state index contributed by atoms with van der Waals surface area (Å²) in [7, 11) is 0. The Hall–Kier alpha value is -2.04. The molecule has 16 heavy (non-hydrogen) atoms. The fraction of sp³-hybridized carbons (Fsp3) is 0.273. The minimum Gasteiger partial charge on any atom is -0.478 e. The smallest absolute Gasteiger partial charge is 0.338 e. The highest BCUT2D eigenvalue weighted by Crippen LogP contribution is 2.27. The van der Waals surface area contributed by atoms with Crippen molar-refractivity contribution in [2.75, 3.05) is 18.0 Å². The number of anilines is 1. The summed E-state index contributed by atoms with van der Waals surface area (Å²) in [6.07, 6.45) is 1.01. The van der Waals surface area contributed by atoms with E-state index in [0.29, 0.717) is 5.69 Å². The molecule has 0 aliphatic carbocycles. The van der Waals surface area contributed by atoms with Crippen LogP contribution in [0.4, 0.5) is 5.69 Å². The number of aromatic carboxylic acids is 2. The van der Waals surface area contributed by atoms with E-state index in [1.807, 2.05) is 4.90 Å². The Bertz CT molecular complexity index is 451. The number of hydrogen-bond acceptors (Lipinski definition) is 3. The molecule has 1 aromatic carbocycles. The number of hydrogen-bond donors (Lipinski definition) is 2. The summed E-state index contributed by atoms with van der Waals surface area (Å²) in [6.45, 7) is 1.56. The van der Waals surface area contributed by atoms with Gasteiger partial charge in [-0.1, -0.05) is 6.07 Å². The first-order valence-corrected chi connectivity index (χ1v) is 4.96. The topological polar surface area (TPSA) is 77.8 Å². The van der Waals surface area contributed by atoms with Gasteiger partial charge in [0.1, 0.15) is 0 Å². The minimum atomic E-state index is -1.21. The van der Waals surface area contributed by atoms with Gasteiger partial charge in [0, 0.05) is 13.1 Å². The maximum Gasteiger partial charge on any atom is 0.338 e. The van der Waals surface area contributed by atoms with Crippen molar-refractivity contribution in [1.29, 1.82) is 0 Å². The van der Waals surface area contributed by atoms with Crippen LogP contribution in [-0.2, 0) is 0 Å². The largest absolute Gasteiger partial charge is 0.478 e. The van der Waals surface area contributed by atoms with Gasteiger partial charge in [0.2, 0.25) is 0 Å². The van der Waals surface area contributed by atoms with Crippen molar-refractivity contribution in [3.05, 3.63) is 29.3 Å². The molecule has 5 heteroatoms. The van der Waals surface area contributed by atoms with Crippen molar-refractivity contribution in [3.63, 3.8) is 0 Å². The molecule has 1 aromatic rings. The first-order valence-electron chi connectivity index (χ1n) is 4.96. The third-order valence-corrected chi connectivity index (χ3v) is 2.68. The van der Waals surface area contributed by atoms with Gasteiger partial charge in [-0.2, -0.15) is 0 Å². The lowest BCUT2D eigenvalue weighted by Crippen LogP contribution is -2.38. The zero-order valence-corrected chi connectivity index (χ0v) is 8.51. The minimum absolute atomic E-state index is 0.116. The summed E-state index contributed by atoms with van der Waals surface area (Å²) in [4.78, 5) is 23.9. The summed E-state index contributed by atoms with van der Waals surface area (Å²) < 4.78 is 0. The lowest BCUT2D eigenvalue weighted by Gasteiger charge is -2.34. The maximum atomic E-state index is 11.1. The standard InChI is InChI=1S/C11H11NO4/c13-10(14)7-3-1-4-8(9(7)11(15)16)12-5-2-6-12/h1,3-4H,2,5-6H2,(H,13,14)(H,15,16). The summed E-state index contributed by atoms with van der Waals surface area (Å²) in [5.74, 6) is -2.40. The van der Waals surface area contributed by atoms with Gasteiger partial charge in [-0.25, -0.2) is 9.59 Å². The zero-order valence-electron chi connectivity index (χ0n) is 8.51. The Morgan fingerprint density at radius 1 is 1.12 bits per heavy atom. The van der Waals surface area contributed by atoms with E-state index in [4.69, 9.17) is 10.2 Å². The summed E-state index contributed by atoms with van der Waals surface area (Å²) >= 11 is 0. The van der Waals surface area contributed by atoms with Crippen LogP contribution in [0.15, 0.2) is 18.2 Å². The number of rotatable bonds is 3. The summed E-state index contributed by atoms with van der Waals surface area (Å²) in [5.41, 5.74) is 0.227. The second kappa shape index (κ2) is 3.84. The number of carboxylic acid groups (broad SMARTS) is 2. The van der Waals surface area contributed by atoms with Crippen LogP contribution in [0.5, 0.6) is 0 Å². The first-order chi connectivity index (χ1) is 7.61. The van der Waals surface area contributed by atoms with Crippen LogP contribution < -0.4 is 4.90 Å². The highest BCUT2D eigenvalue weighted by atomic mass is 16.4. The zero-order chi connectivity index (χ0) is 11.7. The molecule has 1 fully saturated rings. The summed E-state index contributed by atoms with van der Waals surface area (Å²) in [6, 6.07) is 4.54. The van der Waals surface area contributed by atoms with Crippen molar-refractivity contribution in [2.45, 2.75) is 6.42 Å². The molecular formula is C11H11NO4. The van der Waals surface area contributed by atoms with Gasteiger partial charge in [0.05, 0.1) is 16.8 Å². The van der Waals surface area contributed by atoms with Crippen molar-refractivity contribution in [2.24, 2.45) is 0 Å². The van der Waals surface area contributed by atoms with Crippen LogP contribution in [-0.4, -0.2) is 35.2 Å². The molecule has 1 aliphatic heterocycles. The average Bonchev–Trinajstić information content (AvgIpc) is 2.14. The van der Waals surface area contributed by atoms with Crippen LogP contribution in [0.3, 0.4) is 0 Å². The number of carboxylic acids is 2. The van der Waals surface area contributed by atoms with Gasteiger partial charge in [-0.05, 0) is 18.6 Å². The van der Waals surface area contributed by atoms with Gasteiger partial charge >= 0.3 is 11.9 Å². The van der Waals surface area contributed by atoms with Crippen molar-refractivity contribution in [3.8, 4) is 0 Å². The first kappa shape index (κ1) is 10.5. The van der Waals surface area contributed by atoms with Crippen molar-refractivity contribution in [1.82, 2.24) is 0 Å². The van der Waals surface area contributed by atoms with E-state index in [1.54, 1.807) is 12.1 Å². The molecule has 1 heterocycles. The second-order valence-corrected chi connectivity index (χ2v) is 3.65. The highest BCUT2D eigenvalue weighted by molar-refractivity contribution is 6.06. The molecule has 0 bridgehead atoms.